The summed E-state index contributed by atoms with van der Waals surface area (Å²) in [5, 5.41) is 4.07. The Hall–Kier alpha value is -0.550. The monoisotopic (exact) mass is 313 g/mol. The molecular formula is C16H31N3OS. The SMILES string of the molecule is CC(C)(C)SCc1noc(CCC(CCN)C(C)(C)C)n1. The quantitative estimate of drug-likeness (QED) is 0.823. The maximum atomic E-state index is 5.73. The first-order chi connectivity index (χ1) is 9.62. The summed E-state index contributed by atoms with van der Waals surface area (Å²) in [5.74, 6) is 2.95. The summed E-state index contributed by atoms with van der Waals surface area (Å²) in [4.78, 5) is 4.50. The first kappa shape index (κ1) is 18.5. The summed E-state index contributed by atoms with van der Waals surface area (Å²) in [5.41, 5.74) is 5.99. The predicted octanol–water partition coefficient (Wildman–Crippen LogP) is 4.05. The molecule has 0 aliphatic rings. The molecule has 1 atom stereocenters. The molecule has 1 aromatic rings. The number of nitrogens with two attached hydrogens (primary N) is 1. The van der Waals surface area contributed by atoms with Crippen LogP contribution in [0.15, 0.2) is 4.52 Å². The summed E-state index contributed by atoms with van der Waals surface area (Å²) >= 11 is 1.84. The molecule has 21 heavy (non-hydrogen) atoms. The van der Waals surface area contributed by atoms with Gasteiger partial charge in [0.1, 0.15) is 0 Å². The Bertz CT molecular complexity index is 418. The fourth-order valence-electron chi connectivity index (χ4n) is 2.24. The Kier molecular flexibility index (Phi) is 6.72. The van der Waals surface area contributed by atoms with Crippen LogP contribution in [-0.2, 0) is 12.2 Å². The van der Waals surface area contributed by atoms with Crippen LogP contribution in [-0.4, -0.2) is 21.4 Å². The smallest absolute Gasteiger partial charge is 0.226 e. The number of rotatable bonds is 7. The first-order valence-corrected chi connectivity index (χ1v) is 8.76. The zero-order valence-corrected chi connectivity index (χ0v) is 15.2. The Morgan fingerprint density at radius 3 is 2.33 bits per heavy atom. The number of nitrogens with zero attached hydrogens (tertiary/aromatic N) is 2. The lowest BCUT2D eigenvalue weighted by Crippen LogP contribution is -2.24. The minimum atomic E-state index is 0.221. The molecule has 0 bridgehead atoms. The van der Waals surface area contributed by atoms with Crippen molar-refractivity contribution in [3.63, 3.8) is 0 Å². The lowest BCUT2D eigenvalue weighted by Gasteiger charge is -2.30. The van der Waals surface area contributed by atoms with E-state index in [4.69, 9.17) is 10.3 Å². The minimum Gasteiger partial charge on any atom is -0.339 e. The fraction of sp³-hybridized carbons (Fsp3) is 0.875. The van der Waals surface area contributed by atoms with Gasteiger partial charge < -0.3 is 10.3 Å². The second-order valence-electron chi connectivity index (χ2n) is 7.68. The molecule has 1 heterocycles. The van der Waals surface area contributed by atoms with Gasteiger partial charge in [0.2, 0.25) is 5.89 Å². The second kappa shape index (κ2) is 7.63. The summed E-state index contributed by atoms with van der Waals surface area (Å²) in [6, 6.07) is 0. The van der Waals surface area contributed by atoms with Gasteiger partial charge in [-0.25, -0.2) is 0 Å². The van der Waals surface area contributed by atoms with Gasteiger partial charge in [0.15, 0.2) is 5.82 Å². The highest BCUT2D eigenvalue weighted by Gasteiger charge is 2.24. The van der Waals surface area contributed by atoms with Gasteiger partial charge in [-0.15, -0.1) is 11.8 Å². The average molecular weight is 314 g/mol. The highest BCUT2D eigenvalue weighted by atomic mass is 32.2. The van der Waals surface area contributed by atoms with Crippen molar-refractivity contribution in [2.75, 3.05) is 6.54 Å². The van der Waals surface area contributed by atoms with E-state index in [1.165, 1.54) is 0 Å². The molecule has 0 saturated carbocycles. The van der Waals surface area contributed by atoms with E-state index < -0.39 is 0 Å². The lowest BCUT2D eigenvalue weighted by atomic mass is 9.76. The van der Waals surface area contributed by atoms with Gasteiger partial charge in [0.25, 0.3) is 0 Å². The molecular weight excluding hydrogens is 282 g/mol. The van der Waals surface area contributed by atoms with E-state index in [1.807, 2.05) is 11.8 Å². The van der Waals surface area contributed by atoms with Crippen LogP contribution in [0.25, 0.3) is 0 Å². The van der Waals surface area contributed by atoms with Gasteiger partial charge in [0, 0.05) is 11.2 Å². The predicted molar refractivity (Wildman–Crippen MR) is 90.3 cm³/mol. The standard InChI is InChI=1S/C16H31N3OS/c1-15(2,3)12(9-10-17)7-8-14-18-13(19-20-14)11-21-16(4,5)6/h12H,7-11,17H2,1-6H3. The maximum Gasteiger partial charge on any atom is 0.226 e. The van der Waals surface area contributed by atoms with Crippen LogP contribution in [0.4, 0.5) is 0 Å². The van der Waals surface area contributed by atoms with Crippen LogP contribution in [0, 0.1) is 11.3 Å². The molecule has 122 valence electrons. The topological polar surface area (TPSA) is 64.9 Å². The lowest BCUT2D eigenvalue weighted by molar-refractivity contribution is 0.208. The fourth-order valence-corrected chi connectivity index (χ4v) is 2.92. The molecule has 1 rings (SSSR count). The van der Waals surface area contributed by atoms with Crippen LogP contribution < -0.4 is 5.73 Å². The van der Waals surface area contributed by atoms with Crippen molar-refractivity contribution in [1.82, 2.24) is 10.1 Å². The van der Waals surface area contributed by atoms with Gasteiger partial charge in [-0.2, -0.15) is 4.98 Å². The zero-order chi connectivity index (χ0) is 16.1. The Morgan fingerprint density at radius 1 is 1.14 bits per heavy atom. The first-order valence-electron chi connectivity index (χ1n) is 7.77. The van der Waals surface area contributed by atoms with Crippen molar-refractivity contribution < 1.29 is 4.52 Å². The number of hydrogen-bond acceptors (Lipinski definition) is 5. The Labute approximate surface area is 133 Å². The number of aromatic nitrogens is 2. The second-order valence-corrected chi connectivity index (χ2v) is 9.49. The summed E-state index contributed by atoms with van der Waals surface area (Å²) in [7, 11) is 0. The van der Waals surface area contributed by atoms with Gasteiger partial charge in [-0.05, 0) is 30.7 Å². The zero-order valence-electron chi connectivity index (χ0n) is 14.4. The van der Waals surface area contributed by atoms with E-state index in [-0.39, 0.29) is 10.2 Å². The number of aryl methyl sites for hydroxylation is 1. The van der Waals surface area contributed by atoms with Crippen molar-refractivity contribution in [2.24, 2.45) is 17.1 Å². The molecule has 0 aliphatic carbocycles. The van der Waals surface area contributed by atoms with E-state index in [0.717, 1.165) is 43.3 Å². The molecule has 2 N–H and O–H groups in total. The molecule has 1 unspecified atom stereocenters. The van der Waals surface area contributed by atoms with Crippen LogP contribution in [0.3, 0.4) is 0 Å². The van der Waals surface area contributed by atoms with Gasteiger partial charge in [-0.1, -0.05) is 46.7 Å². The van der Waals surface area contributed by atoms with Crippen LogP contribution in [0.5, 0.6) is 0 Å². The molecule has 0 radical (unpaired) electrons. The van der Waals surface area contributed by atoms with E-state index in [9.17, 15) is 0 Å². The van der Waals surface area contributed by atoms with E-state index >= 15 is 0 Å². The van der Waals surface area contributed by atoms with Gasteiger partial charge >= 0.3 is 0 Å². The third kappa shape index (κ3) is 7.32. The summed E-state index contributed by atoms with van der Waals surface area (Å²) in [6.07, 6.45) is 2.94. The average Bonchev–Trinajstić information content (AvgIpc) is 2.77. The van der Waals surface area contributed by atoms with E-state index in [2.05, 4.69) is 51.7 Å². The van der Waals surface area contributed by atoms with E-state index in [1.54, 1.807) is 0 Å². The van der Waals surface area contributed by atoms with Crippen molar-refractivity contribution >= 4 is 11.8 Å². The largest absolute Gasteiger partial charge is 0.339 e. The molecule has 0 saturated heterocycles. The van der Waals surface area contributed by atoms with Crippen molar-refractivity contribution in [2.45, 2.75) is 71.3 Å². The minimum absolute atomic E-state index is 0.221. The van der Waals surface area contributed by atoms with Gasteiger partial charge in [-0.3, -0.25) is 0 Å². The van der Waals surface area contributed by atoms with Crippen molar-refractivity contribution in [3.05, 3.63) is 11.7 Å². The molecule has 0 aromatic carbocycles. The summed E-state index contributed by atoms with van der Waals surface area (Å²) in [6.45, 7) is 14.1. The van der Waals surface area contributed by atoms with Crippen molar-refractivity contribution in [1.29, 1.82) is 0 Å². The molecule has 1 aromatic heterocycles. The van der Waals surface area contributed by atoms with Crippen molar-refractivity contribution in [3.8, 4) is 0 Å². The Morgan fingerprint density at radius 2 is 1.81 bits per heavy atom. The molecule has 0 spiro atoms. The highest BCUT2D eigenvalue weighted by molar-refractivity contribution is 7.99. The molecule has 5 heteroatoms. The molecule has 0 amide bonds. The Balaban J connectivity index is 2.50. The van der Waals surface area contributed by atoms with Crippen LogP contribution in [0.1, 0.15) is 66.1 Å². The number of thioether (sulfide) groups is 1. The normalized spacial score (nSPS) is 14.4. The third-order valence-corrected chi connectivity index (χ3v) is 4.86. The molecule has 0 fully saturated rings. The third-order valence-electron chi connectivity index (χ3n) is 3.59. The molecule has 4 nitrogen and oxygen atoms in total. The highest BCUT2D eigenvalue weighted by Crippen LogP contribution is 2.32. The maximum absolute atomic E-state index is 5.73. The molecule has 0 aliphatic heterocycles. The van der Waals surface area contributed by atoms with E-state index in [0.29, 0.717) is 5.92 Å². The van der Waals surface area contributed by atoms with Crippen LogP contribution in [0.2, 0.25) is 0 Å². The van der Waals surface area contributed by atoms with Crippen LogP contribution >= 0.6 is 11.8 Å². The van der Waals surface area contributed by atoms with Gasteiger partial charge in [0.05, 0.1) is 5.75 Å². The number of hydrogen-bond donors (Lipinski definition) is 1. The summed E-state index contributed by atoms with van der Waals surface area (Å²) < 4.78 is 5.59.